The Morgan fingerprint density at radius 3 is 2.08 bits per heavy atom. The van der Waals surface area contributed by atoms with Crippen molar-refractivity contribution in [1.29, 1.82) is 0 Å². The van der Waals surface area contributed by atoms with E-state index in [1.165, 1.54) is 5.56 Å². The van der Waals surface area contributed by atoms with Gasteiger partial charge >= 0.3 is 12.1 Å². The number of piperazine rings is 1. The number of carbonyl (C=O) groups excluding carboxylic acids is 3. The summed E-state index contributed by atoms with van der Waals surface area (Å²) in [6, 6.07) is 8.00. The Bertz CT molecular complexity index is 963. The zero-order chi connectivity index (χ0) is 27.8. The summed E-state index contributed by atoms with van der Waals surface area (Å²) in [5.41, 5.74) is 1.65. The summed E-state index contributed by atoms with van der Waals surface area (Å²) in [6.45, 7) is 15.9. The van der Waals surface area contributed by atoms with E-state index >= 15 is 0 Å². The first-order valence-corrected chi connectivity index (χ1v) is 14.5. The van der Waals surface area contributed by atoms with Crippen LogP contribution in [0.25, 0.3) is 0 Å². The molecule has 3 saturated heterocycles. The molecule has 0 aromatic heterocycles. The van der Waals surface area contributed by atoms with E-state index in [1.807, 2.05) is 32.9 Å². The molecule has 0 saturated carbocycles. The van der Waals surface area contributed by atoms with E-state index in [9.17, 15) is 14.4 Å². The molecule has 0 atom stereocenters. The lowest BCUT2D eigenvalue weighted by molar-refractivity contribution is -0.120. The van der Waals surface area contributed by atoms with Gasteiger partial charge in [-0.1, -0.05) is 12.1 Å². The topological polar surface area (TPSA) is 97.5 Å². The Hall–Kier alpha value is -2.69. The lowest BCUT2D eigenvalue weighted by Gasteiger charge is -2.37. The normalized spacial score (nSPS) is 20.6. The van der Waals surface area contributed by atoms with Gasteiger partial charge in [-0.25, -0.2) is 9.59 Å². The first-order chi connectivity index (χ1) is 18.6. The van der Waals surface area contributed by atoms with Gasteiger partial charge in [-0.05, 0) is 70.7 Å². The highest BCUT2D eigenvalue weighted by Gasteiger charge is 2.25. The van der Waals surface area contributed by atoms with Crippen LogP contribution in [0.4, 0.5) is 15.3 Å². The zero-order valence-electron chi connectivity index (χ0n) is 23.9. The fraction of sp³-hybridized carbons (Fsp3) is 0.690. The van der Waals surface area contributed by atoms with Gasteiger partial charge in [-0.3, -0.25) is 19.9 Å². The molecule has 0 spiro atoms. The van der Waals surface area contributed by atoms with Crippen molar-refractivity contribution in [2.45, 2.75) is 64.5 Å². The van der Waals surface area contributed by atoms with Gasteiger partial charge in [0.15, 0.2) is 0 Å². The number of aryl methyl sites for hydroxylation is 1. The molecule has 10 nitrogen and oxygen atoms in total. The molecule has 3 heterocycles. The first kappa shape index (κ1) is 29.3. The predicted octanol–water partition coefficient (Wildman–Crippen LogP) is 2.67. The third-order valence-electron chi connectivity index (χ3n) is 7.75. The number of imide groups is 1. The third-order valence-corrected chi connectivity index (χ3v) is 7.75. The van der Waals surface area contributed by atoms with E-state index in [0.717, 1.165) is 90.3 Å². The minimum atomic E-state index is -0.458. The molecule has 3 fully saturated rings. The van der Waals surface area contributed by atoms with Gasteiger partial charge in [0, 0.05) is 77.1 Å². The number of nitrogens with one attached hydrogen (secondary N) is 2. The zero-order valence-corrected chi connectivity index (χ0v) is 23.9. The van der Waals surface area contributed by atoms with Gasteiger partial charge in [0.2, 0.25) is 5.91 Å². The molecule has 4 rings (SSSR count). The van der Waals surface area contributed by atoms with Crippen LogP contribution in [0.5, 0.6) is 0 Å². The fourth-order valence-corrected chi connectivity index (χ4v) is 5.45. The number of alkyl carbamates (subject to hydrolysis) is 1. The first-order valence-electron chi connectivity index (χ1n) is 14.5. The molecule has 1 aromatic rings. The largest absolute Gasteiger partial charge is 0.444 e. The van der Waals surface area contributed by atoms with Crippen LogP contribution in [0, 0.1) is 0 Å². The van der Waals surface area contributed by atoms with Crippen molar-refractivity contribution in [3.05, 3.63) is 29.8 Å². The highest BCUT2D eigenvalue weighted by molar-refractivity contribution is 6.05. The quantitative estimate of drug-likeness (QED) is 0.495. The van der Waals surface area contributed by atoms with Crippen LogP contribution in [0.2, 0.25) is 0 Å². The number of carbonyl (C=O) groups is 3. The molecule has 2 N–H and O–H groups in total. The Labute approximate surface area is 233 Å². The van der Waals surface area contributed by atoms with E-state index in [2.05, 4.69) is 37.5 Å². The molecule has 3 aliphatic rings. The average molecular weight is 543 g/mol. The van der Waals surface area contributed by atoms with Gasteiger partial charge in [0.05, 0.1) is 0 Å². The molecule has 216 valence electrons. The SMILES string of the molecule is CC(C)(C)OC(=O)NC1CCN(CCN2CCN(CCCc3ccc(N4CCC(=O)NC4=O)cc3)CC2)CC1. The number of likely N-dealkylation sites (tertiary alicyclic amines) is 1. The highest BCUT2D eigenvalue weighted by atomic mass is 16.6. The maximum atomic E-state index is 12.0. The van der Waals surface area contributed by atoms with Gasteiger partial charge in [-0.15, -0.1) is 0 Å². The van der Waals surface area contributed by atoms with Crippen LogP contribution in [0.1, 0.15) is 52.0 Å². The number of hydrogen-bond acceptors (Lipinski definition) is 7. The third kappa shape index (κ3) is 9.47. The van der Waals surface area contributed by atoms with Crippen molar-refractivity contribution in [2.75, 3.05) is 70.3 Å². The molecule has 0 unspecified atom stereocenters. The number of hydrogen-bond donors (Lipinski definition) is 2. The molecule has 0 bridgehead atoms. The van der Waals surface area contributed by atoms with Crippen molar-refractivity contribution in [3.63, 3.8) is 0 Å². The van der Waals surface area contributed by atoms with Crippen molar-refractivity contribution in [1.82, 2.24) is 25.3 Å². The molecule has 0 radical (unpaired) electrons. The number of benzene rings is 1. The van der Waals surface area contributed by atoms with Crippen LogP contribution in [-0.2, 0) is 16.0 Å². The van der Waals surface area contributed by atoms with E-state index in [-0.39, 0.29) is 24.1 Å². The standard InChI is InChI=1S/C29H46N6O4/c1-29(2,3)39-28(38)30-24-10-14-33(15-11-24)19-22-34-20-17-32(18-21-34)13-4-5-23-6-8-25(9-7-23)35-16-12-26(36)31-27(35)37/h6-9,24H,4-5,10-22H2,1-3H3,(H,30,38)(H,31,36,37). The molecule has 0 aliphatic carbocycles. The Balaban J connectivity index is 1.06. The lowest BCUT2D eigenvalue weighted by Crippen LogP contribution is -2.50. The molecule has 4 amide bonds. The smallest absolute Gasteiger partial charge is 0.407 e. The van der Waals surface area contributed by atoms with Crippen molar-refractivity contribution >= 4 is 23.7 Å². The van der Waals surface area contributed by atoms with E-state index in [0.29, 0.717) is 13.0 Å². The highest BCUT2D eigenvalue weighted by Crippen LogP contribution is 2.19. The number of amides is 4. The second-order valence-electron chi connectivity index (χ2n) is 12.0. The van der Waals surface area contributed by atoms with E-state index in [4.69, 9.17) is 4.74 Å². The van der Waals surface area contributed by atoms with Crippen LogP contribution in [-0.4, -0.2) is 110 Å². The maximum Gasteiger partial charge on any atom is 0.407 e. The summed E-state index contributed by atoms with van der Waals surface area (Å²) in [4.78, 5) is 44.7. The lowest BCUT2D eigenvalue weighted by atomic mass is 10.1. The summed E-state index contributed by atoms with van der Waals surface area (Å²) >= 11 is 0. The summed E-state index contributed by atoms with van der Waals surface area (Å²) in [7, 11) is 0. The number of rotatable bonds is 9. The fourth-order valence-electron chi connectivity index (χ4n) is 5.45. The van der Waals surface area contributed by atoms with E-state index < -0.39 is 5.60 Å². The summed E-state index contributed by atoms with van der Waals surface area (Å²) < 4.78 is 5.38. The summed E-state index contributed by atoms with van der Waals surface area (Å²) in [6.07, 6.45) is 4.12. The van der Waals surface area contributed by atoms with Gasteiger partial charge < -0.3 is 19.9 Å². The van der Waals surface area contributed by atoms with Crippen LogP contribution in [0.3, 0.4) is 0 Å². The number of urea groups is 1. The predicted molar refractivity (Wildman–Crippen MR) is 152 cm³/mol. The molecule has 1 aromatic carbocycles. The van der Waals surface area contributed by atoms with Crippen molar-refractivity contribution < 1.29 is 19.1 Å². The molecular formula is C29H46N6O4. The minimum absolute atomic E-state index is 0.208. The summed E-state index contributed by atoms with van der Waals surface area (Å²) in [5, 5.41) is 5.40. The average Bonchev–Trinajstić information content (AvgIpc) is 2.88. The molecular weight excluding hydrogens is 496 g/mol. The van der Waals surface area contributed by atoms with Crippen molar-refractivity contribution in [3.8, 4) is 0 Å². The number of piperidine rings is 1. The van der Waals surface area contributed by atoms with Gasteiger partial charge in [0.1, 0.15) is 5.60 Å². The van der Waals surface area contributed by atoms with Crippen LogP contribution in [0.15, 0.2) is 24.3 Å². The van der Waals surface area contributed by atoms with Crippen LogP contribution < -0.4 is 15.5 Å². The Morgan fingerprint density at radius 1 is 0.897 bits per heavy atom. The second-order valence-corrected chi connectivity index (χ2v) is 12.0. The Morgan fingerprint density at radius 2 is 1.49 bits per heavy atom. The molecule has 39 heavy (non-hydrogen) atoms. The summed E-state index contributed by atoms with van der Waals surface area (Å²) in [5.74, 6) is -0.208. The van der Waals surface area contributed by atoms with Gasteiger partial charge in [0.25, 0.3) is 0 Å². The number of nitrogens with zero attached hydrogens (tertiary/aromatic N) is 4. The number of ether oxygens (including phenoxy) is 1. The maximum absolute atomic E-state index is 12.0. The Kier molecular flexibility index (Phi) is 10.2. The molecule has 10 heteroatoms. The van der Waals surface area contributed by atoms with Crippen molar-refractivity contribution in [2.24, 2.45) is 0 Å². The van der Waals surface area contributed by atoms with Crippen LogP contribution >= 0.6 is 0 Å². The molecule has 3 aliphatic heterocycles. The van der Waals surface area contributed by atoms with Gasteiger partial charge in [-0.2, -0.15) is 0 Å². The minimum Gasteiger partial charge on any atom is -0.444 e. The monoisotopic (exact) mass is 542 g/mol. The van der Waals surface area contributed by atoms with E-state index in [1.54, 1.807) is 4.90 Å². The number of anilines is 1. The second kappa shape index (κ2) is 13.6.